The summed E-state index contributed by atoms with van der Waals surface area (Å²) >= 11 is 0. The summed E-state index contributed by atoms with van der Waals surface area (Å²) in [5.74, 6) is 1.30. The van der Waals surface area contributed by atoms with Gasteiger partial charge in [0.1, 0.15) is 5.84 Å². The topological polar surface area (TPSA) is 27.1 Å². The van der Waals surface area contributed by atoms with Crippen LogP contribution in [0.2, 0.25) is 0 Å². The van der Waals surface area contributed by atoms with E-state index >= 15 is 0 Å². The number of nitrogens with one attached hydrogen (secondary N) is 1. The van der Waals surface area contributed by atoms with E-state index in [2.05, 4.69) is 43.0 Å². The number of benzene rings is 1. The Labute approximate surface area is 97.8 Å². The lowest BCUT2D eigenvalue weighted by atomic mass is 9.99. The van der Waals surface area contributed by atoms with Crippen molar-refractivity contribution in [2.24, 2.45) is 0 Å². The van der Waals surface area contributed by atoms with Crippen molar-refractivity contribution < 1.29 is 0 Å². The van der Waals surface area contributed by atoms with E-state index in [1.807, 2.05) is 0 Å². The fourth-order valence-electron chi connectivity index (χ4n) is 2.32. The summed E-state index contributed by atoms with van der Waals surface area (Å²) < 4.78 is 0. The van der Waals surface area contributed by atoms with E-state index in [-0.39, 0.29) is 0 Å². The van der Waals surface area contributed by atoms with E-state index < -0.39 is 0 Å². The molecule has 1 N–H and O–H groups in total. The van der Waals surface area contributed by atoms with Crippen molar-refractivity contribution in [1.29, 1.82) is 5.41 Å². The highest BCUT2D eigenvalue weighted by molar-refractivity contribution is 5.96. The maximum Gasteiger partial charge on any atom is 0.100 e. The number of rotatable bonds is 2. The van der Waals surface area contributed by atoms with E-state index in [9.17, 15) is 0 Å². The van der Waals surface area contributed by atoms with Gasteiger partial charge in [-0.15, -0.1) is 0 Å². The molecule has 0 aromatic heterocycles. The van der Waals surface area contributed by atoms with Crippen molar-refractivity contribution >= 4 is 11.5 Å². The van der Waals surface area contributed by atoms with Gasteiger partial charge < -0.3 is 4.90 Å². The zero-order chi connectivity index (χ0) is 11.5. The van der Waals surface area contributed by atoms with Crippen molar-refractivity contribution in [1.82, 2.24) is 0 Å². The van der Waals surface area contributed by atoms with Gasteiger partial charge in [0.15, 0.2) is 0 Å². The zero-order valence-corrected chi connectivity index (χ0v) is 10.2. The summed E-state index contributed by atoms with van der Waals surface area (Å²) in [6.45, 7) is 5.43. The Morgan fingerprint density at radius 3 is 2.62 bits per heavy atom. The molecule has 1 aromatic carbocycles. The van der Waals surface area contributed by atoms with Crippen LogP contribution in [0.5, 0.6) is 0 Å². The molecule has 2 heteroatoms. The summed E-state index contributed by atoms with van der Waals surface area (Å²) in [6, 6.07) is 8.49. The normalized spacial score (nSPS) is 16.9. The molecule has 0 amide bonds. The van der Waals surface area contributed by atoms with Crippen LogP contribution < -0.4 is 4.90 Å². The monoisotopic (exact) mass is 216 g/mol. The number of para-hydroxylation sites is 1. The zero-order valence-electron chi connectivity index (χ0n) is 10.2. The lowest BCUT2D eigenvalue weighted by Crippen LogP contribution is -2.35. The molecule has 0 bridgehead atoms. The van der Waals surface area contributed by atoms with Gasteiger partial charge in [-0.3, -0.25) is 5.41 Å². The summed E-state index contributed by atoms with van der Waals surface area (Å²) in [6.07, 6.45) is 3.29. The third-order valence-corrected chi connectivity index (χ3v) is 3.22. The van der Waals surface area contributed by atoms with E-state index in [0.717, 1.165) is 18.8 Å². The van der Waals surface area contributed by atoms with Crippen molar-refractivity contribution in [3.05, 3.63) is 29.8 Å². The Morgan fingerprint density at radius 1 is 1.19 bits per heavy atom. The summed E-state index contributed by atoms with van der Waals surface area (Å²) in [5, 5.41) is 8.05. The van der Waals surface area contributed by atoms with Gasteiger partial charge >= 0.3 is 0 Å². The standard InChI is InChI=1S/C14H20N2/c1-11(2)12-7-3-4-8-13(12)16-10-6-5-9-14(16)15/h3-4,7-8,11,15H,5-6,9-10H2,1-2H3. The Hall–Kier alpha value is -1.31. The number of hydrogen-bond acceptors (Lipinski definition) is 1. The van der Waals surface area contributed by atoms with Crippen molar-refractivity contribution in [3.8, 4) is 0 Å². The molecule has 1 aliphatic heterocycles. The Morgan fingerprint density at radius 2 is 1.94 bits per heavy atom. The molecule has 2 rings (SSSR count). The van der Waals surface area contributed by atoms with Crippen molar-refractivity contribution in [3.63, 3.8) is 0 Å². The number of anilines is 1. The minimum atomic E-state index is 0.519. The summed E-state index contributed by atoms with van der Waals surface area (Å²) in [4.78, 5) is 2.18. The fraction of sp³-hybridized carbons (Fsp3) is 0.500. The minimum absolute atomic E-state index is 0.519. The number of piperidine rings is 1. The van der Waals surface area contributed by atoms with Crippen LogP contribution in [0, 0.1) is 5.41 Å². The van der Waals surface area contributed by atoms with Crippen LogP contribution in [0.15, 0.2) is 24.3 Å². The molecule has 0 aliphatic carbocycles. The molecule has 0 atom stereocenters. The molecule has 0 unspecified atom stereocenters. The Bertz CT molecular complexity index is 382. The van der Waals surface area contributed by atoms with Crippen LogP contribution in [-0.4, -0.2) is 12.4 Å². The van der Waals surface area contributed by atoms with E-state index in [1.165, 1.54) is 24.1 Å². The Balaban J connectivity index is 2.34. The molecule has 0 spiro atoms. The lowest BCUT2D eigenvalue weighted by molar-refractivity contribution is 0.703. The molecule has 1 fully saturated rings. The van der Waals surface area contributed by atoms with Crippen LogP contribution in [0.25, 0.3) is 0 Å². The quantitative estimate of drug-likeness (QED) is 0.800. The van der Waals surface area contributed by atoms with Gasteiger partial charge in [-0.05, 0) is 30.4 Å². The average Bonchev–Trinajstić information content (AvgIpc) is 2.29. The molecule has 16 heavy (non-hydrogen) atoms. The van der Waals surface area contributed by atoms with Gasteiger partial charge in [0.25, 0.3) is 0 Å². The molecule has 86 valence electrons. The molecule has 1 aromatic rings. The first kappa shape index (κ1) is 11.2. The molecule has 1 aliphatic rings. The van der Waals surface area contributed by atoms with Gasteiger partial charge in [-0.2, -0.15) is 0 Å². The first-order chi connectivity index (χ1) is 7.70. The predicted molar refractivity (Wildman–Crippen MR) is 69.5 cm³/mol. The van der Waals surface area contributed by atoms with Crippen LogP contribution in [0.4, 0.5) is 5.69 Å². The van der Waals surface area contributed by atoms with E-state index in [1.54, 1.807) is 0 Å². The van der Waals surface area contributed by atoms with Crippen LogP contribution in [0.3, 0.4) is 0 Å². The highest BCUT2D eigenvalue weighted by Crippen LogP contribution is 2.29. The number of hydrogen-bond donors (Lipinski definition) is 1. The van der Waals surface area contributed by atoms with Crippen molar-refractivity contribution in [2.75, 3.05) is 11.4 Å². The molecule has 1 heterocycles. The molecule has 1 saturated heterocycles. The molecule has 2 nitrogen and oxygen atoms in total. The molecular weight excluding hydrogens is 196 g/mol. The van der Waals surface area contributed by atoms with Gasteiger partial charge in [0.2, 0.25) is 0 Å². The third kappa shape index (κ3) is 2.11. The van der Waals surface area contributed by atoms with Crippen LogP contribution in [-0.2, 0) is 0 Å². The van der Waals surface area contributed by atoms with Gasteiger partial charge in [-0.25, -0.2) is 0 Å². The maximum absolute atomic E-state index is 8.05. The summed E-state index contributed by atoms with van der Waals surface area (Å²) in [7, 11) is 0. The SMILES string of the molecule is CC(C)c1ccccc1N1CCCCC1=N. The second-order valence-corrected chi connectivity index (χ2v) is 4.77. The molecule has 0 saturated carbocycles. The highest BCUT2D eigenvalue weighted by atomic mass is 15.2. The first-order valence-corrected chi connectivity index (χ1v) is 6.14. The highest BCUT2D eigenvalue weighted by Gasteiger charge is 2.19. The average molecular weight is 216 g/mol. The number of nitrogens with zero attached hydrogens (tertiary/aromatic N) is 1. The fourth-order valence-corrected chi connectivity index (χ4v) is 2.32. The Kier molecular flexibility index (Phi) is 3.28. The van der Waals surface area contributed by atoms with Gasteiger partial charge in [-0.1, -0.05) is 32.0 Å². The minimum Gasteiger partial charge on any atom is -0.330 e. The van der Waals surface area contributed by atoms with Gasteiger partial charge in [0, 0.05) is 18.7 Å². The third-order valence-electron chi connectivity index (χ3n) is 3.22. The second-order valence-electron chi connectivity index (χ2n) is 4.77. The van der Waals surface area contributed by atoms with E-state index in [0.29, 0.717) is 5.92 Å². The number of amidine groups is 1. The predicted octanol–water partition coefficient (Wildman–Crippen LogP) is 3.78. The maximum atomic E-state index is 8.05. The molecule has 0 radical (unpaired) electrons. The smallest absolute Gasteiger partial charge is 0.100 e. The molecular formula is C14H20N2. The lowest BCUT2D eigenvalue weighted by Gasteiger charge is -2.31. The van der Waals surface area contributed by atoms with Crippen LogP contribution >= 0.6 is 0 Å². The second kappa shape index (κ2) is 4.69. The first-order valence-electron chi connectivity index (χ1n) is 6.14. The van der Waals surface area contributed by atoms with Crippen molar-refractivity contribution in [2.45, 2.75) is 39.0 Å². The largest absolute Gasteiger partial charge is 0.330 e. The summed E-state index contributed by atoms with van der Waals surface area (Å²) in [5.41, 5.74) is 2.59. The van der Waals surface area contributed by atoms with Gasteiger partial charge in [0.05, 0.1) is 0 Å². The van der Waals surface area contributed by atoms with E-state index in [4.69, 9.17) is 5.41 Å². The van der Waals surface area contributed by atoms with Crippen LogP contribution in [0.1, 0.15) is 44.6 Å².